The van der Waals surface area contributed by atoms with Crippen LogP contribution in [0.25, 0.3) is 0 Å². The molecule has 1 aromatic heterocycles. The largest absolute Gasteiger partial charge is 0.319 e. The predicted octanol–water partition coefficient (Wildman–Crippen LogP) is 4.21. The number of carbonyl (C=O) groups is 2. The van der Waals surface area contributed by atoms with Crippen molar-refractivity contribution in [3.63, 3.8) is 0 Å². The topological polar surface area (TPSA) is 108 Å². The summed E-state index contributed by atoms with van der Waals surface area (Å²) in [6, 6.07) is 18.2. The molecule has 3 aromatic rings. The number of hydrazone groups is 1. The normalized spacial score (nSPS) is 17.0. The van der Waals surface area contributed by atoms with Gasteiger partial charge in [0.2, 0.25) is 5.13 Å². The Morgan fingerprint density at radius 1 is 0.941 bits per heavy atom. The molecular weight excluding hydrogens is 488 g/mol. The molecule has 1 unspecified atom stereocenters. The molecule has 0 spiro atoms. The Balaban J connectivity index is 1.13. The van der Waals surface area contributed by atoms with Gasteiger partial charge in [-0.25, -0.2) is 0 Å². The molecule has 1 atom stereocenters. The standard InChI is InChI=1S/C23H24N6O2S3/c1-23(25-21(31)17-10-6-3-7-11-17)29-27-19(34-23)13-15-32-14-12-18-26-28-22(33-18)24-20(30)16-8-4-2-5-9-16/h2-11,29H,12-15H2,1H3,(H,25,31)(H,24,28,30). The quantitative estimate of drug-likeness (QED) is 0.349. The van der Waals surface area contributed by atoms with E-state index in [1.54, 1.807) is 24.3 Å². The highest BCUT2D eigenvalue weighted by atomic mass is 32.2. The maximum atomic E-state index is 12.4. The molecular formula is C23H24N6O2S3. The zero-order chi connectivity index (χ0) is 23.8. The second kappa shape index (κ2) is 11.5. The van der Waals surface area contributed by atoms with Crippen LogP contribution in [0.4, 0.5) is 5.13 Å². The smallest absolute Gasteiger partial charge is 0.257 e. The van der Waals surface area contributed by atoms with Gasteiger partial charge >= 0.3 is 0 Å². The highest BCUT2D eigenvalue weighted by Crippen LogP contribution is 2.29. The van der Waals surface area contributed by atoms with E-state index in [2.05, 4.69) is 31.4 Å². The number of benzene rings is 2. The number of amides is 2. The first-order valence-corrected chi connectivity index (χ1v) is 13.5. The number of nitrogens with one attached hydrogen (secondary N) is 3. The maximum absolute atomic E-state index is 12.4. The van der Waals surface area contributed by atoms with Gasteiger partial charge in [0.1, 0.15) is 5.01 Å². The molecule has 3 N–H and O–H groups in total. The van der Waals surface area contributed by atoms with Gasteiger partial charge in [-0.3, -0.25) is 20.3 Å². The first-order valence-electron chi connectivity index (χ1n) is 10.7. The van der Waals surface area contributed by atoms with Crippen LogP contribution >= 0.6 is 34.9 Å². The van der Waals surface area contributed by atoms with Gasteiger partial charge in [0, 0.05) is 24.0 Å². The van der Waals surface area contributed by atoms with Crippen LogP contribution in [0.1, 0.15) is 39.1 Å². The molecule has 4 rings (SSSR count). The molecule has 1 aliphatic rings. The second-order valence-corrected chi connectivity index (χ2v) is 11.3. The summed E-state index contributed by atoms with van der Waals surface area (Å²) in [6.45, 7) is 1.91. The van der Waals surface area contributed by atoms with Gasteiger partial charge in [0.05, 0.1) is 5.04 Å². The van der Waals surface area contributed by atoms with Crippen molar-refractivity contribution in [3.8, 4) is 0 Å². The first-order chi connectivity index (χ1) is 16.5. The van der Waals surface area contributed by atoms with Gasteiger partial charge in [-0.15, -0.1) is 10.2 Å². The number of carbonyl (C=O) groups excluding carboxylic acids is 2. The molecule has 0 saturated heterocycles. The number of hydrogen-bond donors (Lipinski definition) is 3. The van der Waals surface area contributed by atoms with Crippen LogP contribution in [-0.2, 0) is 6.42 Å². The van der Waals surface area contributed by atoms with Crippen LogP contribution in [0.15, 0.2) is 65.8 Å². The molecule has 0 aliphatic carbocycles. The Labute approximate surface area is 210 Å². The van der Waals surface area contributed by atoms with E-state index in [9.17, 15) is 9.59 Å². The van der Waals surface area contributed by atoms with Crippen LogP contribution < -0.4 is 16.1 Å². The Kier molecular flexibility index (Phi) is 8.20. The molecule has 2 amide bonds. The van der Waals surface area contributed by atoms with Crippen LogP contribution in [-0.4, -0.2) is 43.6 Å². The van der Waals surface area contributed by atoms with Crippen LogP contribution in [0.3, 0.4) is 0 Å². The van der Waals surface area contributed by atoms with E-state index in [4.69, 9.17) is 0 Å². The maximum Gasteiger partial charge on any atom is 0.257 e. The minimum absolute atomic E-state index is 0.134. The molecule has 1 aliphatic heterocycles. The van der Waals surface area contributed by atoms with Crippen molar-refractivity contribution in [2.75, 3.05) is 16.8 Å². The number of thioether (sulfide) groups is 2. The van der Waals surface area contributed by atoms with Gasteiger partial charge in [-0.2, -0.15) is 16.9 Å². The third-order valence-electron chi connectivity index (χ3n) is 4.75. The SMILES string of the molecule is CC1(NC(=O)c2ccccc2)NN=C(CCSCCc2nnc(NC(=O)c3ccccc3)s2)S1. The van der Waals surface area contributed by atoms with E-state index in [-0.39, 0.29) is 11.8 Å². The van der Waals surface area contributed by atoms with E-state index in [0.29, 0.717) is 16.3 Å². The van der Waals surface area contributed by atoms with Crippen molar-refractivity contribution in [1.29, 1.82) is 0 Å². The fraction of sp³-hybridized carbons (Fsp3) is 0.261. The summed E-state index contributed by atoms with van der Waals surface area (Å²) < 4.78 is 0. The molecule has 11 heteroatoms. The predicted molar refractivity (Wildman–Crippen MR) is 140 cm³/mol. The highest BCUT2D eigenvalue weighted by molar-refractivity contribution is 8.15. The zero-order valence-electron chi connectivity index (χ0n) is 18.5. The summed E-state index contributed by atoms with van der Waals surface area (Å²) in [5.74, 6) is 1.49. The van der Waals surface area contributed by atoms with Gasteiger partial charge in [0.15, 0.2) is 4.99 Å². The fourth-order valence-corrected chi connectivity index (χ4v) is 5.95. The Bertz CT molecular complexity index is 1160. The van der Waals surface area contributed by atoms with Crippen molar-refractivity contribution in [2.24, 2.45) is 5.10 Å². The number of anilines is 1. The Morgan fingerprint density at radius 3 is 2.29 bits per heavy atom. The lowest BCUT2D eigenvalue weighted by Crippen LogP contribution is -2.50. The summed E-state index contributed by atoms with van der Waals surface area (Å²) in [4.78, 5) is 24.0. The van der Waals surface area contributed by atoms with Gasteiger partial charge in [-0.05, 0) is 42.7 Å². The number of hydrogen-bond acceptors (Lipinski definition) is 9. The highest BCUT2D eigenvalue weighted by Gasteiger charge is 2.33. The summed E-state index contributed by atoms with van der Waals surface area (Å²) in [7, 11) is 0. The van der Waals surface area contributed by atoms with Gasteiger partial charge in [-0.1, -0.05) is 59.5 Å². The van der Waals surface area contributed by atoms with Crippen molar-refractivity contribution in [3.05, 3.63) is 76.8 Å². The summed E-state index contributed by atoms with van der Waals surface area (Å²) >= 11 is 4.74. The zero-order valence-corrected chi connectivity index (χ0v) is 20.9. The number of nitrogens with zero attached hydrogens (tertiary/aromatic N) is 3. The minimum Gasteiger partial charge on any atom is -0.319 e. The Morgan fingerprint density at radius 2 is 1.59 bits per heavy atom. The third-order valence-corrected chi connectivity index (χ3v) is 7.76. The number of rotatable bonds is 10. The molecule has 0 fully saturated rings. The first kappa shape index (κ1) is 24.2. The summed E-state index contributed by atoms with van der Waals surface area (Å²) in [5.41, 5.74) is 4.25. The van der Waals surface area contributed by atoms with Crippen LogP contribution in [0.5, 0.6) is 0 Å². The second-order valence-electron chi connectivity index (χ2n) is 7.51. The van der Waals surface area contributed by atoms with Crippen LogP contribution in [0.2, 0.25) is 0 Å². The van der Waals surface area contributed by atoms with E-state index in [1.165, 1.54) is 23.1 Å². The van der Waals surface area contributed by atoms with E-state index < -0.39 is 4.99 Å². The fourth-order valence-electron chi connectivity index (χ4n) is 3.07. The van der Waals surface area contributed by atoms with Crippen LogP contribution in [0, 0.1) is 0 Å². The average molecular weight is 513 g/mol. The average Bonchev–Trinajstić information content (AvgIpc) is 3.46. The molecule has 8 nitrogen and oxygen atoms in total. The third kappa shape index (κ3) is 6.81. The van der Waals surface area contributed by atoms with E-state index >= 15 is 0 Å². The molecule has 0 radical (unpaired) electrons. The van der Waals surface area contributed by atoms with Crippen molar-refractivity contribution < 1.29 is 9.59 Å². The molecule has 0 saturated carbocycles. The van der Waals surface area contributed by atoms with Gasteiger partial charge in [0.25, 0.3) is 11.8 Å². The van der Waals surface area contributed by atoms with E-state index in [1.807, 2.05) is 55.1 Å². The molecule has 176 valence electrons. The van der Waals surface area contributed by atoms with Crippen molar-refractivity contribution in [2.45, 2.75) is 24.8 Å². The van der Waals surface area contributed by atoms with Gasteiger partial charge < -0.3 is 5.32 Å². The molecule has 2 aromatic carbocycles. The Hall–Kier alpha value is -2.89. The lowest BCUT2D eigenvalue weighted by atomic mass is 10.2. The number of aromatic nitrogens is 2. The van der Waals surface area contributed by atoms with E-state index in [0.717, 1.165) is 34.4 Å². The lowest BCUT2D eigenvalue weighted by molar-refractivity contribution is 0.0925. The van der Waals surface area contributed by atoms with Crippen molar-refractivity contribution in [1.82, 2.24) is 20.9 Å². The molecule has 34 heavy (non-hydrogen) atoms. The minimum atomic E-state index is -0.653. The monoisotopic (exact) mass is 512 g/mol. The summed E-state index contributed by atoms with van der Waals surface area (Å²) in [6.07, 6.45) is 1.60. The summed E-state index contributed by atoms with van der Waals surface area (Å²) in [5, 5.41) is 20.8. The lowest BCUT2D eigenvalue weighted by Gasteiger charge is -2.24. The molecule has 0 bridgehead atoms. The number of aryl methyl sites for hydroxylation is 1. The molecule has 2 heterocycles. The van der Waals surface area contributed by atoms with Crippen molar-refractivity contribution >= 4 is 56.9 Å².